The summed E-state index contributed by atoms with van der Waals surface area (Å²) in [5, 5.41) is 14.6. The quantitative estimate of drug-likeness (QED) is 0.538. The topological polar surface area (TPSA) is 81.7 Å². The maximum absolute atomic E-state index is 5.69. The van der Waals surface area contributed by atoms with Gasteiger partial charge in [-0.2, -0.15) is 4.80 Å². The predicted molar refractivity (Wildman–Crippen MR) is 81.3 cm³/mol. The lowest BCUT2D eigenvalue weighted by atomic mass is 9.97. The van der Waals surface area contributed by atoms with Crippen LogP contribution in [0.5, 0.6) is 0 Å². The fraction of sp³-hybridized carbons (Fsp3) is 0.267. The van der Waals surface area contributed by atoms with Crippen molar-refractivity contribution in [1.82, 2.24) is 25.6 Å². The Morgan fingerprint density at radius 3 is 2.71 bits per heavy atom. The molecule has 2 aromatic carbocycles. The second kappa shape index (κ2) is 5.99. The molecule has 6 heteroatoms. The van der Waals surface area contributed by atoms with Crippen molar-refractivity contribution in [2.75, 3.05) is 0 Å². The Kier molecular flexibility index (Phi) is 3.89. The van der Waals surface area contributed by atoms with Crippen LogP contribution >= 0.6 is 0 Å². The molecule has 108 valence electrons. The summed E-state index contributed by atoms with van der Waals surface area (Å²) >= 11 is 0. The van der Waals surface area contributed by atoms with Gasteiger partial charge in [-0.05, 0) is 28.0 Å². The van der Waals surface area contributed by atoms with Gasteiger partial charge < -0.3 is 0 Å². The van der Waals surface area contributed by atoms with Crippen molar-refractivity contribution in [1.29, 1.82) is 0 Å². The first-order valence-electron chi connectivity index (χ1n) is 6.92. The summed E-state index contributed by atoms with van der Waals surface area (Å²) in [5.41, 5.74) is 4.12. The normalized spacial score (nSPS) is 12.7. The van der Waals surface area contributed by atoms with Crippen molar-refractivity contribution < 1.29 is 0 Å². The molecule has 1 unspecified atom stereocenters. The molecule has 0 aliphatic heterocycles. The predicted octanol–water partition coefficient (Wildman–Crippen LogP) is 0.980. The molecule has 3 rings (SSSR count). The lowest BCUT2D eigenvalue weighted by Gasteiger charge is -2.15. The SMILES string of the molecule is Cn1nnc(CC(Cc2cccc3ccccc23)NN)n1. The number of aromatic nitrogens is 4. The molecule has 0 aliphatic carbocycles. The number of tetrazole rings is 1. The van der Waals surface area contributed by atoms with E-state index in [1.807, 2.05) is 6.07 Å². The number of nitrogens with zero attached hydrogens (tertiary/aromatic N) is 4. The fourth-order valence-corrected chi connectivity index (χ4v) is 2.55. The zero-order valence-electron chi connectivity index (χ0n) is 11.9. The van der Waals surface area contributed by atoms with Crippen LogP contribution in [-0.2, 0) is 19.9 Å². The minimum Gasteiger partial charge on any atom is -0.271 e. The Hall–Kier alpha value is -2.31. The summed E-state index contributed by atoms with van der Waals surface area (Å²) in [6.07, 6.45) is 1.46. The highest BCUT2D eigenvalue weighted by Crippen LogP contribution is 2.20. The molecule has 0 amide bonds. The van der Waals surface area contributed by atoms with E-state index in [1.165, 1.54) is 21.1 Å². The maximum atomic E-state index is 5.69. The van der Waals surface area contributed by atoms with Gasteiger partial charge in [-0.3, -0.25) is 11.3 Å². The van der Waals surface area contributed by atoms with Crippen molar-refractivity contribution in [2.45, 2.75) is 18.9 Å². The number of benzene rings is 2. The summed E-state index contributed by atoms with van der Waals surface area (Å²) in [5.74, 6) is 6.38. The van der Waals surface area contributed by atoms with E-state index < -0.39 is 0 Å². The van der Waals surface area contributed by atoms with Crippen molar-refractivity contribution in [2.24, 2.45) is 12.9 Å². The lowest BCUT2D eigenvalue weighted by molar-refractivity contribution is 0.511. The molecule has 3 aromatic rings. The molecule has 0 saturated heterocycles. The van der Waals surface area contributed by atoms with Gasteiger partial charge in [0.1, 0.15) is 0 Å². The van der Waals surface area contributed by atoms with Gasteiger partial charge in [0.05, 0.1) is 7.05 Å². The Balaban J connectivity index is 1.82. The molecule has 1 aromatic heterocycles. The highest BCUT2D eigenvalue weighted by Gasteiger charge is 2.13. The van der Waals surface area contributed by atoms with Gasteiger partial charge in [-0.1, -0.05) is 42.5 Å². The Bertz CT molecular complexity index is 730. The standard InChI is InChI=1S/C15H18N6/c1-21-19-15(18-20-21)10-13(17-16)9-12-7-4-6-11-5-2-3-8-14(11)12/h2-8,13,17H,9-10,16H2,1H3. The van der Waals surface area contributed by atoms with Crippen molar-refractivity contribution in [3.05, 3.63) is 53.9 Å². The van der Waals surface area contributed by atoms with Crippen LogP contribution in [0.3, 0.4) is 0 Å². The number of hydrogen-bond donors (Lipinski definition) is 2. The van der Waals surface area contributed by atoms with Crippen molar-refractivity contribution in [3.8, 4) is 0 Å². The van der Waals surface area contributed by atoms with Gasteiger partial charge in [0.2, 0.25) is 0 Å². The molecule has 0 bridgehead atoms. The van der Waals surface area contributed by atoms with Gasteiger partial charge >= 0.3 is 0 Å². The van der Waals surface area contributed by atoms with Crippen LogP contribution in [0.1, 0.15) is 11.4 Å². The monoisotopic (exact) mass is 282 g/mol. The van der Waals surface area contributed by atoms with E-state index in [0.29, 0.717) is 12.2 Å². The van der Waals surface area contributed by atoms with Gasteiger partial charge in [0, 0.05) is 12.5 Å². The smallest absolute Gasteiger partial charge is 0.176 e. The van der Waals surface area contributed by atoms with E-state index in [4.69, 9.17) is 5.84 Å². The number of nitrogens with two attached hydrogens (primary N) is 1. The van der Waals surface area contributed by atoms with Crippen LogP contribution in [0, 0.1) is 0 Å². The van der Waals surface area contributed by atoms with E-state index in [1.54, 1.807) is 7.05 Å². The summed E-state index contributed by atoms with van der Waals surface area (Å²) in [6, 6.07) is 14.8. The maximum Gasteiger partial charge on any atom is 0.176 e. The average Bonchev–Trinajstić information content (AvgIpc) is 2.92. The molecular weight excluding hydrogens is 264 g/mol. The van der Waals surface area contributed by atoms with E-state index in [0.717, 1.165) is 6.42 Å². The zero-order chi connectivity index (χ0) is 14.7. The van der Waals surface area contributed by atoms with Gasteiger partial charge in [-0.15, -0.1) is 10.2 Å². The first-order valence-corrected chi connectivity index (χ1v) is 6.92. The first-order chi connectivity index (χ1) is 10.3. The molecule has 21 heavy (non-hydrogen) atoms. The molecule has 0 fully saturated rings. The van der Waals surface area contributed by atoms with E-state index >= 15 is 0 Å². The number of nitrogens with one attached hydrogen (secondary N) is 1. The molecule has 3 N–H and O–H groups in total. The molecule has 6 nitrogen and oxygen atoms in total. The second-order valence-corrected chi connectivity index (χ2v) is 5.11. The third kappa shape index (κ3) is 3.07. The van der Waals surface area contributed by atoms with Crippen LogP contribution in [0.15, 0.2) is 42.5 Å². The third-order valence-electron chi connectivity index (χ3n) is 3.56. The lowest BCUT2D eigenvalue weighted by Crippen LogP contribution is -2.38. The summed E-state index contributed by atoms with van der Waals surface area (Å²) < 4.78 is 0. The van der Waals surface area contributed by atoms with E-state index in [-0.39, 0.29) is 6.04 Å². The summed E-state index contributed by atoms with van der Waals surface area (Å²) in [4.78, 5) is 1.46. The number of rotatable bonds is 5. The highest BCUT2D eigenvalue weighted by molar-refractivity contribution is 5.85. The largest absolute Gasteiger partial charge is 0.271 e. The molecular formula is C15H18N6. The van der Waals surface area contributed by atoms with Crippen molar-refractivity contribution >= 4 is 10.8 Å². The van der Waals surface area contributed by atoms with Crippen LogP contribution in [0.4, 0.5) is 0 Å². The number of aryl methyl sites for hydroxylation is 1. The number of fused-ring (bicyclic) bond motifs is 1. The van der Waals surface area contributed by atoms with Gasteiger partial charge in [0.15, 0.2) is 5.82 Å². The Morgan fingerprint density at radius 2 is 1.95 bits per heavy atom. The van der Waals surface area contributed by atoms with Crippen LogP contribution in [-0.4, -0.2) is 26.2 Å². The highest BCUT2D eigenvalue weighted by atomic mass is 15.6. The fourth-order valence-electron chi connectivity index (χ4n) is 2.55. The summed E-state index contributed by atoms with van der Waals surface area (Å²) in [7, 11) is 1.76. The third-order valence-corrected chi connectivity index (χ3v) is 3.56. The van der Waals surface area contributed by atoms with Gasteiger partial charge in [-0.25, -0.2) is 0 Å². The minimum absolute atomic E-state index is 0.0695. The molecule has 0 radical (unpaired) electrons. The van der Waals surface area contributed by atoms with Crippen LogP contribution < -0.4 is 11.3 Å². The van der Waals surface area contributed by atoms with E-state index in [2.05, 4.69) is 57.2 Å². The number of hydrogen-bond acceptors (Lipinski definition) is 5. The molecule has 0 saturated carbocycles. The van der Waals surface area contributed by atoms with Crippen LogP contribution in [0.25, 0.3) is 10.8 Å². The Labute approximate surface area is 122 Å². The molecule has 1 atom stereocenters. The second-order valence-electron chi connectivity index (χ2n) is 5.11. The van der Waals surface area contributed by atoms with Gasteiger partial charge in [0.25, 0.3) is 0 Å². The molecule has 0 aliphatic rings. The zero-order valence-corrected chi connectivity index (χ0v) is 11.9. The van der Waals surface area contributed by atoms with Crippen LogP contribution in [0.2, 0.25) is 0 Å². The van der Waals surface area contributed by atoms with E-state index in [9.17, 15) is 0 Å². The first kappa shape index (κ1) is 13.7. The summed E-state index contributed by atoms with van der Waals surface area (Å²) in [6.45, 7) is 0. The Morgan fingerprint density at radius 1 is 1.14 bits per heavy atom. The minimum atomic E-state index is 0.0695. The number of hydrazine groups is 1. The average molecular weight is 282 g/mol. The van der Waals surface area contributed by atoms with Crippen molar-refractivity contribution in [3.63, 3.8) is 0 Å². The molecule has 0 spiro atoms. The molecule has 1 heterocycles.